The van der Waals surface area contributed by atoms with Gasteiger partial charge in [0.1, 0.15) is 5.60 Å². The van der Waals surface area contributed by atoms with Crippen LogP contribution in [0.3, 0.4) is 0 Å². The minimum atomic E-state index is -1.34. The van der Waals surface area contributed by atoms with Crippen molar-refractivity contribution in [2.75, 3.05) is 6.54 Å². The quantitative estimate of drug-likeness (QED) is 0.785. The second kappa shape index (κ2) is 7.18. The van der Waals surface area contributed by atoms with E-state index in [0.29, 0.717) is 34.4 Å². The maximum Gasteiger partial charge on any atom is 0.252 e. The molecule has 0 spiro atoms. The number of nitrogens with one attached hydrogen (secondary N) is 1. The highest BCUT2D eigenvalue weighted by atomic mass is 35.5. The van der Waals surface area contributed by atoms with E-state index in [0.717, 1.165) is 12.8 Å². The molecule has 1 aromatic carbocycles. The molecule has 0 bridgehead atoms. The summed E-state index contributed by atoms with van der Waals surface area (Å²) in [7, 11) is 0. The van der Waals surface area contributed by atoms with E-state index >= 15 is 0 Å². The number of carbonyl (C=O) groups is 1. The molecule has 0 radical (unpaired) electrons. The molecule has 0 aliphatic heterocycles. The van der Waals surface area contributed by atoms with Gasteiger partial charge < -0.3 is 15.5 Å². The molecule has 22 heavy (non-hydrogen) atoms. The number of hydrogen-bond acceptors (Lipinski definition) is 3. The SMILES string of the molecule is CC1CCC(O)(C(=O)NC[C@H](O)c2c(Cl)cccc2Cl)CC1. The summed E-state index contributed by atoms with van der Waals surface area (Å²) in [5, 5.41) is 23.9. The molecule has 1 amide bonds. The van der Waals surface area contributed by atoms with Crippen molar-refractivity contribution in [3.05, 3.63) is 33.8 Å². The van der Waals surface area contributed by atoms with Crippen LogP contribution < -0.4 is 5.32 Å². The summed E-state index contributed by atoms with van der Waals surface area (Å²) in [6, 6.07) is 4.94. The van der Waals surface area contributed by atoms with Crippen LogP contribution in [-0.4, -0.2) is 28.3 Å². The highest BCUT2D eigenvalue weighted by Crippen LogP contribution is 2.33. The minimum absolute atomic E-state index is 0.0415. The first-order chi connectivity index (χ1) is 10.3. The van der Waals surface area contributed by atoms with E-state index in [-0.39, 0.29) is 6.54 Å². The number of benzene rings is 1. The van der Waals surface area contributed by atoms with E-state index < -0.39 is 17.6 Å². The smallest absolute Gasteiger partial charge is 0.252 e. The molecule has 1 atom stereocenters. The van der Waals surface area contributed by atoms with Crippen LogP contribution in [0.2, 0.25) is 10.0 Å². The Kier molecular flexibility index (Phi) is 5.72. The van der Waals surface area contributed by atoms with Crippen LogP contribution in [0.1, 0.15) is 44.3 Å². The zero-order valence-electron chi connectivity index (χ0n) is 12.5. The molecule has 1 aliphatic carbocycles. The van der Waals surface area contributed by atoms with Crippen LogP contribution in [-0.2, 0) is 4.79 Å². The number of aliphatic hydroxyl groups is 2. The number of hydrogen-bond donors (Lipinski definition) is 3. The van der Waals surface area contributed by atoms with Gasteiger partial charge in [0.2, 0.25) is 0 Å². The van der Waals surface area contributed by atoms with Crippen LogP contribution >= 0.6 is 23.2 Å². The van der Waals surface area contributed by atoms with Crippen LogP contribution in [0.25, 0.3) is 0 Å². The van der Waals surface area contributed by atoms with Crippen LogP contribution in [0, 0.1) is 5.92 Å². The fourth-order valence-corrected chi connectivity index (χ4v) is 3.40. The monoisotopic (exact) mass is 345 g/mol. The topological polar surface area (TPSA) is 69.6 Å². The van der Waals surface area contributed by atoms with Crippen LogP contribution in [0.5, 0.6) is 0 Å². The summed E-state index contributed by atoms with van der Waals surface area (Å²) in [5.74, 6) is 0.0854. The summed E-state index contributed by atoms with van der Waals surface area (Å²) < 4.78 is 0. The Morgan fingerprint density at radius 2 is 1.91 bits per heavy atom. The molecule has 6 heteroatoms. The summed E-state index contributed by atoms with van der Waals surface area (Å²) in [4.78, 5) is 12.2. The fourth-order valence-electron chi connectivity index (χ4n) is 2.75. The first kappa shape index (κ1) is 17.5. The highest BCUT2D eigenvalue weighted by Gasteiger charge is 2.38. The third-order valence-corrected chi connectivity index (χ3v) is 4.97. The van der Waals surface area contributed by atoms with Gasteiger partial charge in [0.05, 0.1) is 6.10 Å². The van der Waals surface area contributed by atoms with Gasteiger partial charge in [0.25, 0.3) is 5.91 Å². The van der Waals surface area contributed by atoms with E-state index in [1.54, 1.807) is 18.2 Å². The van der Waals surface area contributed by atoms with Crippen molar-refractivity contribution in [1.82, 2.24) is 5.32 Å². The molecule has 0 aromatic heterocycles. The number of halogens is 2. The molecule has 0 unspecified atom stereocenters. The standard InChI is InChI=1S/C16H21Cl2NO3/c1-10-5-7-16(22,8-6-10)15(21)19-9-13(20)14-11(17)3-2-4-12(14)18/h2-4,10,13,20,22H,5-9H2,1H3,(H,19,21)/t10?,13-,16?/m0/s1. The van der Waals surface area contributed by atoms with Crippen molar-refractivity contribution in [1.29, 1.82) is 0 Å². The number of rotatable bonds is 4. The molecule has 0 saturated heterocycles. The van der Waals surface area contributed by atoms with E-state index in [2.05, 4.69) is 12.2 Å². The zero-order valence-corrected chi connectivity index (χ0v) is 14.0. The Labute approximate surface area is 140 Å². The largest absolute Gasteiger partial charge is 0.386 e. The highest BCUT2D eigenvalue weighted by molar-refractivity contribution is 6.36. The van der Waals surface area contributed by atoms with E-state index in [9.17, 15) is 15.0 Å². The molecule has 1 aliphatic rings. The van der Waals surface area contributed by atoms with Crippen molar-refractivity contribution in [3.63, 3.8) is 0 Å². The van der Waals surface area contributed by atoms with Crippen molar-refractivity contribution in [2.24, 2.45) is 5.92 Å². The molecule has 1 saturated carbocycles. The third kappa shape index (κ3) is 3.93. The molecule has 3 N–H and O–H groups in total. The average molecular weight is 346 g/mol. The molecular formula is C16H21Cl2NO3. The van der Waals surface area contributed by atoms with Crippen LogP contribution in [0.4, 0.5) is 0 Å². The van der Waals surface area contributed by atoms with Crippen molar-refractivity contribution >= 4 is 29.1 Å². The molecule has 2 rings (SSSR count). The average Bonchev–Trinajstić information content (AvgIpc) is 2.47. The van der Waals surface area contributed by atoms with Gasteiger partial charge in [0.15, 0.2) is 0 Å². The maximum atomic E-state index is 12.2. The summed E-state index contributed by atoms with van der Waals surface area (Å²) >= 11 is 12.1. The first-order valence-corrected chi connectivity index (χ1v) is 8.22. The fraction of sp³-hybridized carbons (Fsp3) is 0.562. The molecular weight excluding hydrogens is 325 g/mol. The van der Waals surface area contributed by atoms with E-state index in [1.165, 1.54) is 0 Å². The Balaban J connectivity index is 1.96. The summed E-state index contributed by atoms with van der Waals surface area (Å²) in [6.45, 7) is 2.07. The lowest BCUT2D eigenvalue weighted by Crippen LogP contribution is -2.49. The Morgan fingerprint density at radius 3 is 2.45 bits per heavy atom. The van der Waals surface area contributed by atoms with Gasteiger partial charge in [-0.15, -0.1) is 0 Å². The summed E-state index contributed by atoms with van der Waals surface area (Å²) in [5.41, 5.74) is -0.952. The Morgan fingerprint density at radius 1 is 1.36 bits per heavy atom. The van der Waals surface area contributed by atoms with Gasteiger partial charge in [-0.2, -0.15) is 0 Å². The second-order valence-electron chi connectivity index (χ2n) is 6.08. The molecule has 1 fully saturated rings. The molecule has 4 nitrogen and oxygen atoms in total. The Bertz CT molecular complexity index is 522. The van der Waals surface area contributed by atoms with Crippen molar-refractivity contribution in [3.8, 4) is 0 Å². The van der Waals surface area contributed by atoms with Gasteiger partial charge >= 0.3 is 0 Å². The minimum Gasteiger partial charge on any atom is -0.386 e. The zero-order chi connectivity index (χ0) is 16.3. The lowest BCUT2D eigenvalue weighted by atomic mass is 9.79. The predicted molar refractivity (Wildman–Crippen MR) is 87.0 cm³/mol. The number of aliphatic hydroxyl groups excluding tert-OH is 1. The normalized spacial score (nSPS) is 26.5. The lowest BCUT2D eigenvalue weighted by molar-refractivity contribution is -0.144. The third-order valence-electron chi connectivity index (χ3n) is 4.31. The number of amides is 1. The van der Waals surface area contributed by atoms with E-state index in [1.807, 2.05) is 0 Å². The Hall–Kier alpha value is -0.810. The van der Waals surface area contributed by atoms with Gasteiger partial charge in [-0.1, -0.05) is 36.2 Å². The van der Waals surface area contributed by atoms with Crippen molar-refractivity contribution in [2.45, 2.75) is 44.3 Å². The van der Waals surface area contributed by atoms with Crippen molar-refractivity contribution < 1.29 is 15.0 Å². The molecule has 0 heterocycles. The van der Waals surface area contributed by atoms with Gasteiger partial charge in [-0.3, -0.25) is 4.79 Å². The second-order valence-corrected chi connectivity index (χ2v) is 6.89. The molecule has 1 aromatic rings. The predicted octanol–water partition coefficient (Wildman–Crippen LogP) is 3.08. The first-order valence-electron chi connectivity index (χ1n) is 7.46. The van der Waals surface area contributed by atoms with Gasteiger partial charge in [-0.05, 0) is 43.7 Å². The number of carbonyl (C=O) groups excluding carboxylic acids is 1. The van der Waals surface area contributed by atoms with Gasteiger partial charge in [-0.25, -0.2) is 0 Å². The van der Waals surface area contributed by atoms with Gasteiger partial charge in [0, 0.05) is 22.2 Å². The van der Waals surface area contributed by atoms with Crippen LogP contribution in [0.15, 0.2) is 18.2 Å². The lowest BCUT2D eigenvalue weighted by Gasteiger charge is -2.33. The van der Waals surface area contributed by atoms with E-state index in [4.69, 9.17) is 23.2 Å². The molecule has 122 valence electrons. The maximum absolute atomic E-state index is 12.2. The summed E-state index contributed by atoms with van der Waals surface area (Å²) in [6.07, 6.45) is 1.52.